The van der Waals surface area contributed by atoms with E-state index in [9.17, 15) is 9.59 Å². The molecular formula is C16H19N3O3. The SMILES string of the molecule is NC(=O)c1cn(CCN2CCOCC2)c2ccccc2c1=O. The van der Waals surface area contributed by atoms with Crippen molar-refractivity contribution in [2.24, 2.45) is 5.73 Å². The smallest absolute Gasteiger partial charge is 0.254 e. The monoisotopic (exact) mass is 301 g/mol. The molecule has 2 aromatic rings. The van der Waals surface area contributed by atoms with Crippen LogP contribution in [0.5, 0.6) is 0 Å². The number of aromatic nitrogens is 1. The average molecular weight is 301 g/mol. The summed E-state index contributed by atoms with van der Waals surface area (Å²) in [5, 5.41) is 0.528. The maximum Gasteiger partial charge on any atom is 0.254 e. The predicted molar refractivity (Wildman–Crippen MR) is 84.0 cm³/mol. The van der Waals surface area contributed by atoms with E-state index in [1.165, 1.54) is 0 Å². The van der Waals surface area contributed by atoms with E-state index in [0.29, 0.717) is 11.9 Å². The Morgan fingerprint density at radius 1 is 1.18 bits per heavy atom. The van der Waals surface area contributed by atoms with Crippen LogP contribution < -0.4 is 11.2 Å². The molecule has 0 saturated carbocycles. The summed E-state index contributed by atoms with van der Waals surface area (Å²) in [5.41, 5.74) is 5.90. The lowest BCUT2D eigenvalue weighted by Crippen LogP contribution is -2.38. The fraction of sp³-hybridized carbons (Fsp3) is 0.375. The van der Waals surface area contributed by atoms with E-state index in [4.69, 9.17) is 10.5 Å². The standard InChI is InChI=1S/C16H19N3O3/c17-16(21)13-11-19(6-5-18-7-9-22-10-8-18)14-4-2-1-3-12(14)15(13)20/h1-4,11H,5-10H2,(H2,17,21). The van der Waals surface area contributed by atoms with Gasteiger partial charge >= 0.3 is 0 Å². The molecule has 1 aromatic heterocycles. The molecular weight excluding hydrogens is 282 g/mol. The normalized spacial score (nSPS) is 16.0. The summed E-state index contributed by atoms with van der Waals surface area (Å²) in [5.74, 6) is -0.684. The number of benzene rings is 1. The van der Waals surface area contributed by atoms with Gasteiger partial charge in [0.15, 0.2) is 0 Å². The lowest BCUT2D eigenvalue weighted by Gasteiger charge is -2.27. The molecule has 0 unspecified atom stereocenters. The number of morpholine rings is 1. The molecule has 1 aliphatic rings. The number of carbonyl (C=O) groups excluding carboxylic acids is 1. The van der Waals surface area contributed by atoms with E-state index in [1.807, 2.05) is 16.7 Å². The molecule has 1 amide bonds. The Morgan fingerprint density at radius 2 is 1.91 bits per heavy atom. The van der Waals surface area contributed by atoms with Crippen LogP contribution in [0.1, 0.15) is 10.4 Å². The van der Waals surface area contributed by atoms with E-state index < -0.39 is 5.91 Å². The third-order valence-electron chi connectivity index (χ3n) is 4.01. The predicted octanol–water partition coefficient (Wildman–Crippen LogP) is 0.433. The van der Waals surface area contributed by atoms with Crippen molar-refractivity contribution in [3.8, 4) is 0 Å². The average Bonchev–Trinajstić information content (AvgIpc) is 2.55. The van der Waals surface area contributed by atoms with Gasteiger partial charge in [0.05, 0.1) is 18.7 Å². The Balaban J connectivity index is 1.95. The highest BCUT2D eigenvalue weighted by Gasteiger charge is 2.14. The van der Waals surface area contributed by atoms with Crippen molar-refractivity contribution >= 4 is 16.8 Å². The van der Waals surface area contributed by atoms with Crippen LogP contribution in [-0.2, 0) is 11.3 Å². The zero-order valence-electron chi connectivity index (χ0n) is 12.3. The van der Waals surface area contributed by atoms with E-state index in [0.717, 1.165) is 38.4 Å². The van der Waals surface area contributed by atoms with Gasteiger partial charge in [0.1, 0.15) is 5.56 Å². The van der Waals surface area contributed by atoms with Gasteiger partial charge < -0.3 is 15.0 Å². The Bertz CT molecular complexity index is 748. The lowest BCUT2D eigenvalue weighted by molar-refractivity contribution is 0.0365. The first-order chi connectivity index (χ1) is 10.7. The van der Waals surface area contributed by atoms with Crippen LogP contribution in [0.3, 0.4) is 0 Å². The van der Waals surface area contributed by atoms with Crippen LogP contribution in [0.15, 0.2) is 35.3 Å². The van der Waals surface area contributed by atoms with Crippen molar-refractivity contribution in [2.45, 2.75) is 6.54 Å². The van der Waals surface area contributed by atoms with E-state index >= 15 is 0 Å². The molecule has 1 aliphatic heterocycles. The van der Waals surface area contributed by atoms with Gasteiger partial charge in [-0.3, -0.25) is 14.5 Å². The molecule has 3 rings (SSSR count). The van der Waals surface area contributed by atoms with Gasteiger partial charge in [0.25, 0.3) is 5.91 Å². The largest absolute Gasteiger partial charge is 0.379 e. The van der Waals surface area contributed by atoms with E-state index in [-0.39, 0.29) is 11.0 Å². The molecule has 6 nitrogen and oxygen atoms in total. The molecule has 116 valence electrons. The Labute approximate surface area is 128 Å². The number of hydrogen-bond donors (Lipinski definition) is 1. The van der Waals surface area contributed by atoms with E-state index in [1.54, 1.807) is 18.3 Å². The molecule has 1 saturated heterocycles. The van der Waals surface area contributed by atoms with Crippen molar-refractivity contribution in [3.63, 3.8) is 0 Å². The maximum absolute atomic E-state index is 12.3. The number of carbonyl (C=O) groups is 1. The second kappa shape index (κ2) is 6.29. The second-order valence-corrected chi connectivity index (χ2v) is 5.40. The molecule has 0 bridgehead atoms. The number of para-hydroxylation sites is 1. The molecule has 6 heteroatoms. The van der Waals surface area contributed by atoms with Gasteiger partial charge in [-0.2, -0.15) is 0 Å². The Kier molecular flexibility index (Phi) is 4.22. The highest BCUT2D eigenvalue weighted by atomic mass is 16.5. The quantitative estimate of drug-likeness (QED) is 0.888. The molecule has 22 heavy (non-hydrogen) atoms. The number of pyridine rings is 1. The van der Waals surface area contributed by atoms with Gasteiger partial charge in [-0.1, -0.05) is 12.1 Å². The van der Waals surface area contributed by atoms with Gasteiger partial charge in [-0.05, 0) is 12.1 Å². The van der Waals surface area contributed by atoms with Crippen molar-refractivity contribution in [1.29, 1.82) is 0 Å². The molecule has 1 aromatic carbocycles. The first-order valence-electron chi connectivity index (χ1n) is 7.39. The Morgan fingerprint density at radius 3 is 2.64 bits per heavy atom. The van der Waals surface area contributed by atoms with Gasteiger partial charge in [-0.25, -0.2) is 0 Å². The second-order valence-electron chi connectivity index (χ2n) is 5.40. The third kappa shape index (κ3) is 2.88. The highest BCUT2D eigenvalue weighted by molar-refractivity contribution is 5.96. The van der Waals surface area contributed by atoms with Crippen LogP contribution in [0.4, 0.5) is 0 Å². The van der Waals surface area contributed by atoms with Crippen LogP contribution in [0.25, 0.3) is 10.9 Å². The zero-order valence-corrected chi connectivity index (χ0v) is 12.3. The highest BCUT2D eigenvalue weighted by Crippen LogP contribution is 2.12. The number of ether oxygens (including phenoxy) is 1. The third-order valence-corrected chi connectivity index (χ3v) is 4.01. The number of nitrogens with zero attached hydrogens (tertiary/aromatic N) is 2. The summed E-state index contributed by atoms with van der Waals surface area (Å²) >= 11 is 0. The van der Waals surface area contributed by atoms with E-state index in [2.05, 4.69) is 4.90 Å². The van der Waals surface area contributed by atoms with Crippen LogP contribution >= 0.6 is 0 Å². The minimum atomic E-state index is -0.684. The fourth-order valence-electron chi connectivity index (χ4n) is 2.78. The van der Waals surface area contributed by atoms with Crippen LogP contribution in [0, 0.1) is 0 Å². The van der Waals surface area contributed by atoms with Gasteiger partial charge in [0.2, 0.25) is 5.43 Å². The molecule has 0 spiro atoms. The van der Waals surface area contributed by atoms with Crippen molar-refractivity contribution in [3.05, 3.63) is 46.2 Å². The van der Waals surface area contributed by atoms with Crippen molar-refractivity contribution in [1.82, 2.24) is 9.47 Å². The van der Waals surface area contributed by atoms with Crippen LogP contribution in [-0.4, -0.2) is 48.2 Å². The fourth-order valence-corrected chi connectivity index (χ4v) is 2.78. The molecule has 2 N–H and O–H groups in total. The minimum Gasteiger partial charge on any atom is -0.379 e. The molecule has 0 radical (unpaired) electrons. The Hall–Kier alpha value is -2.18. The summed E-state index contributed by atoms with van der Waals surface area (Å²) in [4.78, 5) is 26.1. The van der Waals surface area contributed by atoms with Crippen molar-refractivity contribution < 1.29 is 9.53 Å². The molecule has 2 heterocycles. The topological polar surface area (TPSA) is 77.6 Å². The zero-order chi connectivity index (χ0) is 15.5. The summed E-state index contributed by atoms with van der Waals surface area (Å²) in [6, 6.07) is 7.30. The summed E-state index contributed by atoms with van der Waals surface area (Å²) < 4.78 is 7.27. The van der Waals surface area contributed by atoms with Gasteiger partial charge in [-0.15, -0.1) is 0 Å². The number of fused-ring (bicyclic) bond motifs is 1. The lowest BCUT2D eigenvalue weighted by atomic mass is 10.1. The summed E-state index contributed by atoms with van der Waals surface area (Å²) in [6.45, 7) is 4.84. The summed E-state index contributed by atoms with van der Waals surface area (Å²) in [7, 11) is 0. The van der Waals surface area contributed by atoms with Crippen LogP contribution in [0.2, 0.25) is 0 Å². The first kappa shape index (κ1) is 14.7. The molecule has 0 aliphatic carbocycles. The minimum absolute atomic E-state index is 0.0423. The summed E-state index contributed by atoms with van der Waals surface area (Å²) in [6.07, 6.45) is 1.58. The number of hydrogen-bond acceptors (Lipinski definition) is 4. The van der Waals surface area contributed by atoms with Crippen molar-refractivity contribution in [2.75, 3.05) is 32.8 Å². The van der Waals surface area contributed by atoms with Gasteiger partial charge in [0, 0.05) is 37.8 Å². The first-order valence-corrected chi connectivity index (χ1v) is 7.39. The number of rotatable bonds is 4. The number of amides is 1. The number of nitrogens with two attached hydrogens (primary N) is 1. The number of primary amides is 1. The molecule has 1 fully saturated rings. The molecule has 0 atom stereocenters. The maximum atomic E-state index is 12.3.